The Morgan fingerprint density at radius 1 is 0.490 bits per heavy atom. The first-order valence-corrected chi connectivity index (χ1v) is 13.2. The quantitative estimate of drug-likeness (QED) is 0.121. The van der Waals surface area contributed by atoms with Crippen LogP contribution in [0.25, 0.3) is 0 Å². The minimum absolute atomic E-state index is 0. The predicted octanol–water partition coefficient (Wildman–Crippen LogP) is -0.137. The van der Waals surface area contributed by atoms with Crippen LogP contribution in [0.1, 0.15) is 43.5 Å². The number of aliphatic hydroxyl groups excluding tert-OH is 4. The van der Waals surface area contributed by atoms with Gasteiger partial charge in [-0.1, -0.05) is 12.1 Å². The molecule has 0 atom stereocenters. The fourth-order valence-electron chi connectivity index (χ4n) is 3.26. The van der Waals surface area contributed by atoms with E-state index in [4.69, 9.17) is 20.4 Å². The molecular weight excluding hydrogens is 735 g/mol. The molecule has 0 saturated heterocycles. The molecule has 2 heterocycles. The Balaban J connectivity index is 0.000000661. The average molecular weight is 759 g/mol. The minimum atomic E-state index is -1.71. The molecule has 0 spiro atoms. The normalized spacial score (nSPS) is 9.49. The molecule has 51 heavy (non-hydrogen) atoms. The molecule has 22 nitrogen and oxygen atoms in total. The van der Waals surface area contributed by atoms with Crippen LogP contribution in [0.4, 0.5) is 22.7 Å². The molecule has 4 N–H and O–H groups in total. The summed E-state index contributed by atoms with van der Waals surface area (Å²) < 4.78 is 0. The maximum absolute atomic E-state index is 10.4. The van der Waals surface area contributed by atoms with Gasteiger partial charge in [-0.2, -0.15) is 0 Å². The molecule has 0 amide bonds. The van der Waals surface area contributed by atoms with Gasteiger partial charge < -0.3 is 40.2 Å². The van der Waals surface area contributed by atoms with Crippen LogP contribution in [0.5, 0.6) is 0 Å². The second-order valence-electron chi connectivity index (χ2n) is 8.95. The van der Waals surface area contributed by atoms with Crippen molar-refractivity contribution in [1.82, 2.24) is 9.97 Å². The maximum atomic E-state index is 10.4. The Bertz CT molecular complexity index is 1530. The number of aliphatic hydroxyl groups is 4. The van der Waals surface area contributed by atoms with Crippen molar-refractivity contribution in [2.24, 2.45) is 0 Å². The summed E-state index contributed by atoms with van der Waals surface area (Å²) in [4.78, 5) is 66.2. The monoisotopic (exact) mass is 759 g/mol. The molecule has 0 aliphatic carbocycles. The number of hydrogen-bond donors (Lipinski definition) is 4. The number of non-ortho nitro benzene ring substituents is 4. The van der Waals surface area contributed by atoms with Gasteiger partial charge in [0, 0.05) is 35.4 Å². The van der Waals surface area contributed by atoms with Gasteiger partial charge in [-0.15, -0.1) is 0 Å². The van der Waals surface area contributed by atoms with E-state index in [2.05, 4.69) is 9.97 Å². The van der Waals surface area contributed by atoms with Crippen LogP contribution in [0, 0.1) is 40.5 Å². The van der Waals surface area contributed by atoms with Crippen molar-refractivity contribution in [3.8, 4) is 0 Å². The first-order chi connectivity index (χ1) is 23.6. The number of aromatic nitrogens is 2. The molecule has 0 unspecified atom stereocenters. The second-order valence-corrected chi connectivity index (χ2v) is 8.95. The molecule has 2 aromatic carbocycles. The topological polar surface area (TPSA) is 360 Å². The largest absolute Gasteiger partial charge is 2.00 e. The van der Waals surface area contributed by atoms with Gasteiger partial charge in [0.1, 0.15) is 0 Å². The Hall–Kier alpha value is -6.37. The van der Waals surface area contributed by atoms with Crippen LogP contribution in [-0.2, 0) is 43.2 Å². The number of rotatable bonds is 10. The SMILES string of the molecule is O=C([O-])c1cc([N+](=O)[O-])cc([N+](=O)[O-])c1.O=C([O-])c1cc([N+](=O)[O-])cc([N+](=O)[O-])c1.OCc1cccc(CO)n1.OCc1cccc(CO)n1.[Co+2]. The van der Waals surface area contributed by atoms with E-state index < -0.39 is 65.5 Å². The number of nitro benzene ring substituents is 4. The van der Waals surface area contributed by atoms with Crippen LogP contribution in [-0.4, -0.2) is 62.0 Å². The molecule has 271 valence electrons. The van der Waals surface area contributed by atoms with Crippen molar-refractivity contribution < 1.29 is 76.7 Å². The van der Waals surface area contributed by atoms with E-state index >= 15 is 0 Å². The van der Waals surface area contributed by atoms with Crippen molar-refractivity contribution in [1.29, 1.82) is 0 Å². The molecule has 4 rings (SSSR count). The summed E-state index contributed by atoms with van der Waals surface area (Å²) in [6, 6.07) is 14.5. The first kappa shape index (κ1) is 44.6. The molecule has 0 bridgehead atoms. The van der Waals surface area contributed by atoms with Crippen molar-refractivity contribution in [2.75, 3.05) is 0 Å². The Kier molecular flexibility index (Phi) is 19.5. The smallest absolute Gasteiger partial charge is 0.545 e. The predicted molar refractivity (Wildman–Crippen MR) is 160 cm³/mol. The number of hydrogen-bond acceptors (Lipinski definition) is 18. The Morgan fingerprint density at radius 3 is 0.863 bits per heavy atom. The van der Waals surface area contributed by atoms with Crippen LogP contribution < -0.4 is 10.2 Å². The molecule has 2 aromatic heterocycles. The maximum Gasteiger partial charge on any atom is 2.00 e. The van der Waals surface area contributed by atoms with Crippen molar-refractivity contribution >= 4 is 34.7 Å². The van der Waals surface area contributed by atoms with Crippen molar-refractivity contribution in [3.63, 3.8) is 0 Å². The number of carboxylic acids is 2. The standard InChI is InChI=1S/2C7H4N2O6.2C7H9NO2.Co/c2*10-7(11)4-1-5(8(12)13)3-6(2-4)9(14)15;2*9-4-6-2-1-3-7(5-10)8-6;/h2*1-3H,(H,10,11);2*1-3,9-10H,4-5H2;/q;;;;+2/p-2. The van der Waals surface area contributed by atoms with Gasteiger partial charge in [0.05, 0.1) is 93.0 Å². The third-order valence-electron chi connectivity index (χ3n) is 5.50. The van der Waals surface area contributed by atoms with E-state index in [1.807, 2.05) is 0 Å². The zero-order valence-corrected chi connectivity index (χ0v) is 26.5. The number of carboxylic acid groups (broad SMARTS) is 2. The third kappa shape index (κ3) is 15.6. The summed E-state index contributed by atoms with van der Waals surface area (Å²) in [5, 5.41) is 96.5. The van der Waals surface area contributed by atoms with Crippen LogP contribution >= 0.6 is 0 Å². The molecule has 23 heteroatoms. The van der Waals surface area contributed by atoms with Crippen LogP contribution in [0.2, 0.25) is 0 Å². The van der Waals surface area contributed by atoms with E-state index in [9.17, 15) is 60.3 Å². The van der Waals surface area contributed by atoms with Crippen LogP contribution in [0.15, 0.2) is 72.8 Å². The van der Waals surface area contributed by atoms with E-state index in [0.717, 1.165) is 0 Å². The average Bonchev–Trinajstić information content (AvgIpc) is 3.11. The second kappa shape index (κ2) is 22.3. The van der Waals surface area contributed by atoms with E-state index in [-0.39, 0.29) is 43.2 Å². The zero-order valence-electron chi connectivity index (χ0n) is 25.5. The number of benzene rings is 2. The molecule has 4 aromatic rings. The Labute approximate surface area is 294 Å². The number of pyridine rings is 2. The van der Waals surface area contributed by atoms with Gasteiger partial charge >= 0.3 is 16.8 Å². The van der Waals surface area contributed by atoms with Gasteiger partial charge in [0.2, 0.25) is 0 Å². The first-order valence-electron chi connectivity index (χ1n) is 13.2. The Morgan fingerprint density at radius 2 is 0.706 bits per heavy atom. The van der Waals surface area contributed by atoms with Gasteiger partial charge in [0.25, 0.3) is 22.7 Å². The fraction of sp³-hybridized carbons (Fsp3) is 0.143. The summed E-state index contributed by atoms with van der Waals surface area (Å²) >= 11 is 0. The van der Waals surface area contributed by atoms with Crippen molar-refractivity contribution in [2.45, 2.75) is 26.4 Å². The van der Waals surface area contributed by atoms with Crippen molar-refractivity contribution in [3.05, 3.63) is 147 Å². The van der Waals surface area contributed by atoms with Crippen LogP contribution in [0.3, 0.4) is 0 Å². The number of nitrogens with zero attached hydrogens (tertiary/aromatic N) is 6. The van der Waals surface area contributed by atoms with E-state index in [0.29, 0.717) is 59.2 Å². The molecule has 0 fully saturated rings. The molecule has 0 aliphatic heterocycles. The summed E-state index contributed by atoms with van der Waals surface area (Å²) in [5.74, 6) is -3.41. The third-order valence-corrected chi connectivity index (χ3v) is 5.50. The number of carbonyl (C=O) groups excluding carboxylic acids is 2. The number of aromatic carboxylic acids is 2. The van der Waals surface area contributed by atoms with Gasteiger partial charge in [-0.05, 0) is 24.3 Å². The van der Waals surface area contributed by atoms with E-state index in [1.165, 1.54) is 0 Å². The molecule has 1 radical (unpaired) electrons. The van der Waals surface area contributed by atoms with Gasteiger partial charge in [-0.25, -0.2) is 0 Å². The molecular formula is C28H24CoN6O16. The zero-order chi connectivity index (χ0) is 38.0. The van der Waals surface area contributed by atoms with Gasteiger partial charge in [-0.3, -0.25) is 50.4 Å². The minimum Gasteiger partial charge on any atom is -0.545 e. The van der Waals surface area contributed by atoms with Gasteiger partial charge in [0.15, 0.2) is 0 Å². The summed E-state index contributed by atoms with van der Waals surface area (Å²) in [6.45, 7) is -0.302. The summed E-state index contributed by atoms with van der Waals surface area (Å²) in [6.07, 6.45) is 0. The fourth-order valence-corrected chi connectivity index (χ4v) is 3.26. The number of nitro groups is 4. The summed E-state index contributed by atoms with van der Waals surface area (Å²) in [7, 11) is 0. The summed E-state index contributed by atoms with van der Waals surface area (Å²) in [5.41, 5.74) is -1.50. The molecule has 0 aliphatic rings. The molecule has 0 saturated carbocycles. The van der Waals surface area contributed by atoms with E-state index in [1.54, 1.807) is 36.4 Å². The number of carbonyl (C=O) groups is 2.